The van der Waals surface area contributed by atoms with Crippen molar-refractivity contribution in [2.24, 2.45) is 0 Å². The topological polar surface area (TPSA) is 121 Å². The summed E-state index contributed by atoms with van der Waals surface area (Å²) in [6, 6.07) is 7.82. The molecule has 0 aliphatic heterocycles. The van der Waals surface area contributed by atoms with Crippen LogP contribution in [0.25, 0.3) is 0 Å². The minimum absolute atomic E-state index is 0.0455. The van der Waals surface area contributed by atoms with Gasteiger partial charge in [-0.25, -0.2) is 4.68 Å². The number of nitrogens with zero attached hydrogens (tertiary/aromatic N) is 3. The van der Waals surface area contributed by atoms with Crippen LogP contribution in [0, 0.1) is 0 Å². The highest BCUT2D eigenvalue weighted by Crippen LogP contribution is 2.20. The molecule has 0 bridgehead atoms. The van der Waals surface area contributed by atoms with Crippen molar-refractivity contribution < 1.29 is 19.1 Å². The van der Waals surface area contributed by atoms with Gasteiger partial charge in [0.1, 0.15) is 18.9 Å². The molecule has 0 saturated carbocycles. The predicted molar refractivity (Wildman–Crippen MR) is 101 cm³/mol. The molecule has 2 rings (SSSR count). The van der Waals surface area contributed by atoms with Gasteiger partial charge in [-0.1, -0.05) is 37.7 Å². The Morgan fingerprint density at radius 3 is 2.59 bits per heavy atom. The minimum atomic E-state index is -0.517. The molecule has 27 heavy (non-hydrogen) atoms. The third-order valence-corrected chi connectivity index (χ3v) is 4.58. The Hall–Kier alpha value is -2.75. The Labute approximate surface area is 161 Å². The Bertz CT molecular complexity index is 776. The van der Waals surface area contributed by atoms with Crippen LogP contribution >= 0.6 is 11.8 Å². The van der Waals surface area contributed by atoms with Crippen LogP contribution in [0.3, 0.4) is 0 Å². The molecule has 1 heterocycles. The number of nitrogens with one attached hydrogen (secondary N) is 1. The van der Waals surface area contributed by atoms with Crippen LogP contribution < -0.4 is 15.9 Å². The molecule has 0 spiro atoms. The number of benzene rings is 1. The number of esters is 1. The van der Waals surface area contributed by atoms with E-state index >= 15 is 0 Å². The zero-order chi connectivity index (χ0) is 19.8. The third kappa shape index (κ3) is 6.17. The van der Waals surface area contributed by atoms with Crippen LogP contribution in [-0.2, 0) is 20.9 Å². The van der Waals surface area contributed by atoms with E-state index in [0.717, 1.165) is 11.8 Å². The second kappa shape index (κ2) is 9.81. The van der Waals surface area contributed by atoms with Gasteiger partial charge in [-0.05, 0) is 23.6 Å². The number of carbonyl (C=O) groups excluding carboxylic acids is 2. The van der Waals surface area contributed by atoms with Crippen molar-refractivity contribution in [3.8, 4) is 5.75 Å². The second-order valence-electron chi connectivity index (χ2n) is 5.92. The summed E-state index contributed by atoms with van der Waals surface area (Å²) in [6.45, 7) is 4.23. The molecule has 1 aromatic heterocycles. The SMILES string of the molecule is COC(=O)CNC(=O)CSc1nnc(COc2ccc(C(C)C)cc2)n1N. The highest BCUT2D eigenvalue weighted by atomic mass is 32.2. The summed E-state index contributed by atoms with van der Waals surface area (Å²) in [5, 5.41) is 10.7. The molecule has 0 unspecified atom stereocenters. The number of hydrogen-bond acceptors (Lipinski definition) is 8. The Morgan fingerprint density at radius 2 is 1.96 bits per heavy atom. The molecule has 0 radical (unpaired) electrons. The number of aromatic nitrogens is 3. The van der Waals surface area contributed by atoms with E-state index in [1.165, 1.54) is 17.3 Å². The van der Waals surface area contributed by atoms with Crippen molar-refractivity contribution in [1.29, 1.82) is 0 Å². The van der Waals surface area contributed by atoms with Gasteiger partial charge in [0.25, 0.3) is 0 Å². The number of thioether (sulfide) groups is 1. The summed E-state index contributed by atoms with van der Waals surface area (Å²) in [7, 11) is 1.25. The number of amides is 1. The van der Waals surface area contributed by atoms with Crippen LogP contribution in [0.15, 0.2) is 29.4 Å². The Morgan fingerprint density at radius 1 is 1.26 bits per heavy atom. The molecular formula is C17H23N5O4S. The largest absolute Gasteiger partial charge is 0.486 e. The molecule has 0 atom stereocenters. The van der Waals surface area contributed by atoms with Gasteiger partial charge in [-0.2, -0.15) is 0 Å². The van der Waals surface area contributed by atoms with Crippen molar-refractivity contribution in [3.05, 3.63) is 35.7 Å². The number of hydrogen-bond donors (Lipinski definition) is 2. The maximum Gasteiger partial charge on any atom is 0.325 e. The first-order valence-corrected chi connectivity index (χ1v) is 9.27. The fourth-order valence-corrected chi connectivity index (χ4v) is 2.73. The average Bonchev–Trinajstić information content (AvgIpc) is 3.02. The lowest BCUT2D eigenvalue weighted by atomic mass is 10.0. The zero-order valence-electron chi connectivity index (χ0n) is 15.5. The normalized spacial score (nSPS) is 10.7. The van der Waals surface area contributed by atoms with Crippen molar-refractivity contribution in [1.82, 2.24) is 20.2 Å². The fraction of sp³-hybridized carbons (Fsp3) is 0.412. The Balaban J connectivity index is 1.83. The van der Waals surface area contributed by atoms with Crippen LogP contribution in [0.5, 0.6) is 5.75 Å². The number of nitrogens with two attached hydrogens (primary N) is 1. The lowest BCUT2D eigenvalue weighted by molar-refractivity contribution is -0.140. The van der Waals surface area contributed by atoms with E-state index in [2.05, 4.69) is 34.1 Å². The fourth-order valence-electron chi connectivity index (χ4n) is 2.02. The predicted octanol–water partition coefficient (Wildman–Crippen LogP) is 1.08. The highest BCUT2D eigenvalue weighted by molar-refractivity contribution is 7.99. The number of nitrogen functional groups attached to an aromatic ring is 1. The van der Waals surface area contributed by atoms with E-state index in [-0.39, 0.29) is 24.8 Å². The van der Waals surface area contributed by atoms with E-state index in [0.29, 0.717) is 22.6 Å². The molecule has 3 N–H and O–H groups in total. The first-order chi connectivity index (χ1) is 12.9. The molecule has 0 aliphatic rings. The average molecular weight is 393 g/mol. The molecule has 10 heteroatoms. The maximum atomic E-state index is 11.7. The van der Waals surface area contributed by atoms with Crippen molar-refractivity contribution >= 4 is 23.6 Å². The van der Waals surface area contributed by atoms with Gasteiger partial charge in [0.05, 0.1) is 12.9 Å². The van der Waals surface area contributed by atoms with Crippen LogP contribution in [0.1, 0.15) is 31.2 Å². The van der Waals surface area contributed by atoms with Gasteiger partial charge in [-0.3, -0.25) is 9.59 Å². The molecule has 1 aromatic carbocycles. The van der Waals surface area contributed by atoms with Gasteiger partial charge >= 0.3 is 5.97 Å². The minimum Gasteiger partial charge on any atom is -0.486 e. The van der Waals surface area contributed by atoms with E-state index < -0.39 is 5.97 Å². The molecule has 0 saturated heterocycles. The van der Waals surface area contributed by atoms with Gasteiger partial charge in [0, 0.05) is 0 Å². The van der Waals surface area contributed by atoms with Gasteiger partial charge in [-0.15, -0.1) is 10.2 Å². The summed E-state index contributed by atoms with van der Waals surface area (Å²) >= 11 is 1.11. The van der Waals surface area contributed by atoms with Crippen LogP contribution in [-0.4, -0.2) is 46.2 Å². The van der Waals surface area contributed by atoms with E-state index in [4.69, 9.17) is 10.6 Å². The van der Waals surface area contributed by atoms with Crippen LogP contribution in [0.2, 0.25) is 0 Å². The number of carbonyl (C=O) groups is 2. The van der Waals surface area contributed by atoms with Crippen molar-refractivity contribution in [2.45, 2.75) is 31.5 Å². The lowest BCUT2D eigenvalue weighted by Gasteiger charge is -2.09. The molecule has 146 valence electrons. The molecule has 1 amide bonds. The quantitative estimate of drug-likeness (QED) is 0.369. The van der Waals surface area contributed by atoms with E-state index in [1.807, 2.05) is 24.3 Å². The van der Waals surface area contributed by atoms with Crippen molar-refractivity contribution in [2.75, 3.05) is 25.3 Å². The zero-order valence-corrected chi connectivity index (χ0v) is 16.3. The highest BCUT2D eigenvalue weighted by Gasteiger charge is 2.13. The third-order valence-electron chi connectivity index (χ3n) is 3.64. The summed E-state index contributed by atoms with van der Waals surface area (Å²) in [4.78, 5) is 22.7. The summed E-state index contributed by atoms with van der Waals surface area (Å²) in [5.41, 5.74) is 1.23. The molecule has 9 nitrogen and oxygen atoms in total. The monoisotopic (exact) mass is 393 g/mol. The second-order valence-corrected chi connectivity index (χ2v) is 6.87. The van der Waals surface area contributed by atoms with Crippen LogP contribution in [0.4, 0.5) is 0 Å². The summed E-state index contributed by atoms with van der Waals surface area (Å²) < 4.78 is 11.4. The smallest absolute Gasteiger partial charge is 0.325 e. The lowest BCUT2D eigenvalue weighted by Crippen LogP contribution is -2.31. The number of rotatable bonds is 9. The molecule has 2 aromatic rings. The summed E-state index contributed by atoms with van der Waals surface area (Å²) in [6.07, 6.45) is 0. The first kappa shape index (κ1) is 20.6. The molecule has 0 fully saturated rings. The van der Waals surface area contributed by atoms with Gasteiger partial charge in [0.2, 0.25) is 11.1 Å². The van der Waals surface area contributed by atoms with Crippen molar-refractivity contribution in [3.63, 3.8) is 0 Å². The molecule has 0 aliphatic carbocycles. The van der Waals surface area contributed by atoms with E-state index in [9.17, 15) is 9.59 Å². The first-order valence-electron chi connectivity index (χ1n) is 8.29. The van der Waals surface area contributed by atoms with E-state index in [1.54, 1.807) is 0 Å². The maximum absolute atomic E-state index is 11.7. The summed E-state index contributed by atoms with van der Waals surface area (Å²) in [5.74, 6) is 6.73. The van der Waals surface area contributed by atoms with Gasteiger partial charge in [0.15, 0.2) is 5.82 Å². The van der Waals surface area contributed by atoms with Gasteiger partial charge < -0.3 is 20.6 Å². The standard InChI is InChI=1S/C17H23N5O4S/c1-11(2)12-4-6-13(7-5-12)26-9-14-20-21-17(22(14)18)27-10-15(23)19-8-16(24)25-3/h4-7,11H,8-10,18H2,1-3H3,(H,19,23). The number of ether oxygens (including phenoxy) is 2. The Kier molecular flexibility index (Phi) is 7.47. The molecular weight excluding hydrogens is 370 g/mol. The number of methoxy groups -OCH3 is 1.